The third-order valence-corrected chi connectivity index (χ3v) is 10.7. The van der Waals surface area contributed by atoms with Crippen molar-refractivity contribution >= 4 is 59.1 Å². The van der Waals surface area contributed by atoms with E-state index in [0.717, 1.165) is 12.0 Å². The Bertz CT molecular complexity index is 1670. The number of imide groups is 1. The highest BCUT2D eigenvalue weighted by Gasteiger charge is 2.40. The number of ether oxygens (including phenoxy) is 1. The van der Waals surface area contributed by atoms with Crippen molar-refractivity contribution in [3.63, 3.8) is 0 Å². The topological polar surface area (TPSA) is 232 Å². The molecule has 1 heterocycles. The highest BCUT2D eigenvalue weighted by atomic mass is 32.2. The summed E-state index contributed by atoms with van der Waals surface area (Å²) in [6.07, 6.45) is 16.2. The maximum atomic E-state index is 13.5. The fourth-order valence-electron chi connectivity index (χ4n) is 6.03. The summed E-state index contributed by atoms with van der Waals surface area (Å²) >= 11 is 1.53. The number of unbranched alkanes of at least 4 members (excludes halogenated alkanes) is 2. The van der Waals surface area contributed by atoms with Crippen LogP contribution in [0.2, 0.25) is 0 Å². The molecule has 1 aromatic carbocycles. The normalized spacial score (nSPS) is 19.3. The zero-order valence-corrected chi connectivity index (χ0v) is 33.1. The van der Waals surface area contributed by atoms with E-state index in [1.54, 1.807) is 38.1 Å². The lowest BCUT2D eigenvalue weighted by Crippen LogP contribution is -2.54. The fourth-order valence-corrected chi connectivity index (χ4v) is 7.41. The van der Waals surface area contributed by atoms with Gasteiger partial charge in [-0.05, 0) is 61.3 Å². The highest BCUT2D eigenvalue weighted by Crippen LogP contribution is 2.34. The molecule has 1 saturated heterocycles. The molecule has 0 radical (unpaired) electrons. The number of allylic oxidation sites excluding steroid dienone is 7. The lowest BCUT2D eigenvalue weighted by molar-refractivity contribution is -0.138. The van der Waals surface area contributed by atoms with Crippen molar-refractivity contribution < 1.29 is 38.3 Å². The van der Waals surface area contributed by atoms with Gasteiger partial charge in [0.15, 0.2) is 0 Å². The van der Waals surface area contributed by atoms with E-state index in [0.29, 0.717) is 36.9 Å². The Morgan fingerprint density at radius 1 is 0.911 bits per heavy atom. The first-order valence-electron chi connectivity index (χ1n) is 18.9. The van der Waals surface area contributed by atoms with Crippen molar-refractivity contribution in [2.45, 2.75) is 101 Å². The van der Waals surface area contributed by atoms with Crippen molar-refractivity contribution in [1.29, 1.82) is 0 Å². The number of benzene rings is 1. The van der Waals surface area contributed by atoms with Crippen molar-refractivity contribution in [2.24, 2.45) is 17.4 Å². The van der Waals surface area contributed by atoms with Gasteiger partial charge in [-0.3, -0.25) is 28.9 Å². The van der Waals surface area contributed by atoms with Gasteiger partial charge in [0, 0.05) is 36.9 Å². The number of anilines is 1. The average Bonchev–Trinajstić information content (AvgIpc) is 3.40. The van der Waals surface area contributed by atoms with Gasteiger partial charge in [0.2, 0.25) is 29.5 Å². The largest absolute Gasteiger partial charge is 0.445 e. The van der Waals surface area contributed by atoms with Crippen LogP contribution < -0.4 is 32.7 Å². The molecular formula is C40H55N7O8S. The summed E-state index contributed by atoms with van der Waals surface area (Å²) in [5.41, 5.74) is 12.3. The fraction of sp³-hybridized carbons (Fsp3) is 0.475. The van der Waals surface area contributed by atoms with Gasteiger partial charge in [0.25, 0.3) is 0 Å². The quantitative estimate of drug-likeness (QED) is 0.0732. The number of nitrogens with one attached hydrogen (secondary N) is 4. The SMILES string of the molecule is CCC(SC1CC(=O)N(CCCCCC(=O)N[C@H](C(=O)N[C@@H](CCCNC(N)=O)C(=O)Nc2ccc(COC(N)=O)cc2)C(C)C)C1=O)C1=C/C=C\C=C/C=C\1. The predicted molar refractivity (Wildman–Crippen MR) is 216 cm³/mol. The number of likely N-dealkylation sites (tertiary alicyclic amines) is 1. The molecule has 304 valence electrons. The molecule has 2 unspecified atom stereocenters. The summed E-state index contributed by atoms with van der Waals surface area (Å²) in [6.45, 7) is 6.05. The minimum atomic E-state index is -1.01. The lowest BCUT2D eigenvalue weighted by atomic mass is 10.0. The number of hydrogen-bond acceptors (Lipinski definition) is 9. The van der Waals surface area contributed by atoms with Gasteiger partial charge in [0.1, 0.15) is 18.7 Å². The van der Waals surface area contributed by atoms with Gasteiger partial charge >= 0.3 is 12.1 Å². The van der Waals surface area contributed by atoms with E-state index in [1.807, 2.05) is 42.5 Å². The van der Waals surface area contributed by atoms with Gasteiger partial charge in [-0.15, -0.1) is 11.8 Å². The number of rotatable bonds is 22. The van der Waals surface area contributed by atoms with Crippen molar-refractivity contribution in [2.75, 3.05) is 18.4 Å². The number of carbonyl (C=O) groups is 7. The summed E-state index contributed by atoms with van der Waals surface area (Å²) in [5, 5.41) is 10.4. The first-order chi connectivity index (χ1) is 26.8. The number of amides is 8. The van der Waals surface area contributed by atoms with E-state index in [1.165, 1.54) is 16.7 Å². The monoisotopic (exact) mass is 793 g/mol. The molecule has 1 aliphatic heterocycles. The number of nitrogens with two attached hydrogens (primary N) is 2. The molecular weight excluding hydrogens is 739 g/mol. The predicted octanol–water partition coefficient (Wildman–Crippen LogP) is 4.10. The summed E-state index contributed by atoms with van der Waals surface area (Å²) in [6, 6.07) is 3.83. The Morgan fingerprint density at radius 2 is 1.62 bits per heavy atom. The number of carbonyl (C=O) groups excluding carboxylic acids is 7. The second-order valence-corrected chi connectivity index (χ2v) is 15.2. The Kier molecular flexibility index (Phi) is 18.9. The molecule has 2 aliphatic rings. The summed E-state index contributed by atoms with van der Waals surface area (Å²) < 4.78 is 4.77. The van der Waals surface area contributed by atoms with Crippen LogP contribution in [0, 0.1) is 5.92 Å². The van der Waals surface area contributed by atoms with Gasteiger partial charge in [-0.2, -0.15) is 0 Å². The lowest BCUT2D eigenvalue weighted by Gasteiger charge is -2.25. The van der Waals surface area contributed by atoms with Crippen LogP contribution in [0.25, 0.3) is 0 Å². The molecule has 1 fully saturated rings. The highest BCUT2D eigenvalue weighted by molar-refractivity contribution is 8.01. The van der Waals surface area contributed by atoms with Crippen LogP contribution >= 0.6 is 11.8 Å². The minimum absolute atomic E-state index is 0.0359. The van der Waals surface area contributed by atoms with Crippen LogP contribution in [0.15, 0.2) is 72.4 Å². The van der Waals surface area contributed by atoms with E-state index in [2.05, 4.69) is 28.2 Å². The molecule has 0 spiro atoms. The van der Waals surface area contributed by atoms with Crippen molar-refractivity contribution in [1.82, 2.24) is 20.9 Å². The Morgan fingerprint density at radius 3 is 2.30 bits per heavy atom. The molecule has 16 heteroatoms. The third-order valence-electron chi connectivity index (χ3n) is 9.05. The molecule has 4 atom stereocenters. The molecule has 15 nitrogen and oxygen atoms in total. The van der Waals surface area contributed by atoms with Gasteiger partial charge in [0.05, 0.1) is 5.25 Å². The first kappa shape index (κ1) is 45.0. The number of primary amides is 2. The van der Waals surface area contributed by atoms with E-state index >= 15 is 0 Å². The molecule has 3 rings (SSSR count). The number of urea groups is 1. The van der Waals surface area contributed by atoms with Gasteiger partial charge in [-0.1, -0.05) is 81.9 Å². The van der Waals surface area contributed by atoms with Gasteiger partial charge < -0.3 is 37.5 Å². The number of thioether (sulfide) groups is 1. The Labute approximate surface area is 332 Å². The van der Waals surface area contributed by atoms with Crippen LogP contribution in [-0.4, -0.2) is 82.2 Å². The van der Waals surface area contributed by atoms with Crippen LogP contribution in [0.5, 0.6) is 0 Å². The second-order valence-electron chi connectivity index (χ2n) is 13.8. The van der Waals surface area contributed by atoms with Crippen LogP contribution in [0.4, 0.5) is 15.3 Å². The van der Waals surface area contributed by atoms with Crippen LogP contribution in [0.3, 0.4) is 0 Å². The van der Waals surface area contributed by atoms with Gasteiger partial charge in [-0.25, -0.2) is 9.59 Å². The molecule has 1 aromatic rings. The van der Waals surface area contributed by atoms with Crippen molar-refractivity contribution in [3.05, 3.63) is 77.9 Å². The second kappa shape index (κ2) is 23.5. The average molecular weight is 794 g/mol. The summed E-state index contributed by atoms with van der Waals surface area (Å²) in [4.78, 5) is 89.2. The van der Waals surface area contributed by atoms with E-state index < -0.39 is 41.3 Å². The van der Waals surface area contributed by atoms with Crippen LogP contribution in [0.1, 0.15) is 77.7 Å². The summed E-state index contributed by atoms with van der Waals surface area (Å²) in [7, 11) is 0. The maximum Gasteiger partial charge on any atom is 0.404 e. The Hall–Kier alpha value is -5.38. The number of nitrogens with zero attached hydrogens (tertiary/aromatic N) is 1. The zero-order valence-electron chi connectivity index (χ0n) is 32.3. The zero-order chi connectivity index (χ0) is 41.0. The minimum Gasteiger partial charge on any atom is -0.445 e. The van der Waals surface area contributed by atoms with Crippen LogP contribution in [-0.2, 0) is 35.3 Å². The standard InChI is InChI=1S/C40H55N7O8S/c1-4-31(28-14-9-6-5-7-10-15-28)56-32-24-34(49)47(38(32)52)23-12-8-11-17-33(48)46-35(26(2)3)37(51)45-30(16-13-22-43-39(41)53)36(50)44-29-20-18-27(19-21-29)25-55-40(42)54/h5-7,9-10,14-15,18-21,26,30-32,35H,4,8,11-13,16-17,22-25H2,1-3H3,(H2,42,54)(H,44,50)(H,45,51)(H,46,48)(H3,41,43,53)/b6-5-,7-5?,9-6?,10-7-,14-9-,15-10?,28-14?,28-15+/t30-,31?,32?,35-/m0/s1. The van der Waals surface area contributed by atoms with E-state index in [-0.39, 0.29) is 67.8 Å². The molecule has 0 bridgehead atoms. The Balaban J connectivity index is 1.49. The first-order valence-corrected chi connectivity index (χ1v) is 19.9. The number of hydrogen-bond donors (Lipinski definition) is 6. The molecule has 0 saturated carbocycles. The molecule has 0 aromatic heterocycles. The maximum absolute atomic E-state index is 13.5. The molecule has 56 heavy (non-hydrogen) atoms. The summed E-state index contributed by atoms with van der Waals surface area (Å²) in [5.74, 6) is -2.07. The molecule has 8 amide bonds. The smallest absolute Gasteiger partial charge is 0.404 e. The van der Waals surface area contributed by atoms with E-state index in [9.17, 15) is 33.6 Å². The van der Waals surface area contributed by atoms with Crippen molar-refractivity contribution in [3.8, 4) is 0 Å². The molecule has 1 aliphatic carbocycles. The third kappa shape index (κ3) is 15.4. The molecule has 8 N–H and O–H groups in total. The van der Waals surface area contributed by atoms with E-state index in [4.69, 9.17) is 16.2 Å².